The van der Waals surface area contributed by atoms with Crippen molar-refractivity contribution in [3.8, 4) is 11.1 Å². The van der Waals surface area contributed by atoms with E-state index >= 15 is 0 Å². The third-order valence-corrected chi connectivity index (χ3v) is 3.84. The maximum atomic E-state index is 12.7. The van der Waals surface area contributed by atoms with Crippen LogP contribution in [0.1, 0.15) is 19.9 Å². The quantitative estimate of drug-likeness (QED) is 0.740. The van der Waals surface area contributed by atoms with Crippen LogP contribution in [0.5, 0.6) is 0 Å². The van der Waals surface area contributed by atoms with Crippen molar-refractivity contribution in [2.24, 2.45) is 5.10 Å². The summed E-state index contributed by atoms with van der Waals surface area (Å²) in [6.45, 7) is 3.92. The topological polar surface area (TPSA) is 59.3 Å². The van der Waals surface area contributed by atoms with Crippen LogP contribution in [0, 0.1) is 0 Å². The summed E-state index contributed by atoms with van der Waals surface area (Å²) in [5.41, 5.74) is 6.62. The van der Waals surface area contributed by atoms with Gasteiger partial charge in [-0.15, -0.1) is 0 Å². The molecule has 1 aromatic rings. The molecule has 1 aliphatic heterocycles. The van der Waals surface area contributed by atoms with Crippen LogP contribution in [-0.4, -0.2) is 16.0 Å². The molecule has 0 fully saturated rings. The monoisotopic (exact) mass is 278 g/mol. The third kappa shape index (κ3) is 1.60. The van der Waals surface area contributed by atoms with E-state index in [4.69, 9.17) is 0 Å². The minimum Gasteiger partial charge on any atom is -0.277 e. The van der Waals surface area contributed by atoms with E-state index in [9.17, 15) is 4.79 Å². The molecule has 21 heavy (non-hydrogen) atoms. The van der Waals surface area contributed by atoms with Gasteiger partial charge >= 0.3 is 0 Å². The van der Waals surface area contributed by atoms with Crippen LogP contribution < -0.4 is 16.2 Å². The van der Waals surface area contributed by atoms with Gasteiger partial charge in [0.05, 0.1) is 22.6 Å². The van der Waals surface area contributed by atoms with Crippen LogP contribution in [-0.2, 0) is 0 Å². The van der Waals surface area contributed by atoms with Crippen molar-refractivity contribution < 1.29 is 0 Å². The highest BCUT2D eigenvalue weighted by Crippen LogP contribution is 2.34. The van der Waals surface area contributed by atoms with Crippen LogP contribution in [0.3, 0.4) is 0 Å². The Labute approximate surface area is 120 Å². The molecule has 0 saturated heterocycles. The Kier molecular flexibility index (Phi) is 2.39. The van der Waals surface area contributed by atoms with Crippen molar-refractivity contribution in [2.45, 2.75) is 19.9 Å². The first-order valence-corrected chi connectivity index (χ1v) is 6.94. The highest BCUT2D eigenvalue weighted by atomic mass is 16.1. The van der Waals surface area contributed by atoms with Crippen molar-refractivity contribution in [3.63, 3.8) is 0 Å². The second-order valence-electron chi connectivity index (χ2n) is 5.48. The Morgan fingerprint density at radius 2 is 2.05 bits per heavy atom. The predicted octanol–water partition coefficient (Wildman–Crippen LogP) is 1.99. The number of aromatic nitrogens is 2. The highest BCUT2D eigenvalue weighted by molar-refractivity contribution is 6.03. The number of rotatable bonds is 1. The fourth-order valence-electron chi connectivity index (χ4n) is 2.83. The molecule has 3 aliphatic rings. The number of nitrogens with one attached hydrogen (secondary N) is 1. The summed E-state index contributed by atoms with van der Waals surface area (Å²) in [5, 5.41) is 10.3. The zero-order chi connectivity index (χ0) is 14.6. The van der Waals surface area contributed by atoms with Gasteiger partial charge in [-0.25, -0.2) is 4.68 Å². The summed E-state index contributed by atoms with van der Waals surface area (Å²) in [7, 11) is 0. The SMILES string of the molecule is CC(C)n1nc2ccc3c4c(ccc(c2-3)c1=O)=CC=NN4. The molecule has 0 radical (unpaired) electrons. The van der Waals surface area contributed by atoms with E-state index in [1.807, 2.05) is 44.2 Å². The highest BCUT2D eigenvalue weighted by Gasteiger charge is 2.20. The van der Waals surface area contributed by atoms with Gasteiger partial charge in [0, 0.05) is 22.6 Å². The van der Waals surface area contributed by atoms with Gasteiger partial charge in [-0.2, -0.15) is 10.2 Å². The molecular formula is C16H14N4O. The molecule has 0 amide bonds. The summed E-state index contributed by atoms with van der Waals surface area (Å²) < 4.78 is 1.55. The Hall–Kier alpha value is -2.69. The molecule has 0 spiro atoms. The summed E-state index contributed by atoms with van der Waals surface area (Å²) in [5.74, 6) is 0. The van der Waals surface area contributed by atoms with Gasteiger partial charge in [-0.1, -0.05) is 6.07 Å². The lowest BCUT2D eigenvalue weighted by Gasteiger charge is -2.11. The molecule has 1 aromatic heterocycles. The van der Waals surface area contributed by atoms with E-state index in [1.165, 1.54) is 0 Å². The smallest absolute Gasteiger partial charge is 0.274 e. The largest absolute Gasteiger partial charge is 0.277 e. The van der Waals surface area contributed by atoms with Gasteiger partial charge in [-0.05, 0) is 38.1 Å². The molecule has 0 aromatic carbocycles. The summed E-state index contributed by atoms with van der Waals surface area (Å²) in [6, 6.07) is 7.82. The minimum absolute atomic E-state index is 0.0313. The summed E-state index contributed by atoms with van der Waals surface area (Å²) in [6.07, 6.45) is 3.64. The van der Waals surface area contributed by atoms with E-state index in [1.54, 1.807) is 10.9 Å². The van der Waals surface area contributed by atoms with Crippen LogP contribution in [0.4, 0.5) is 5.69 Å². The third-order valence-electron chi connectivity index (χ3n) is 3.84. The van der Waals surface area contributed by atoms with Crippen LogP contribution in [0.2, 0.25) is 0 Å². The molecule has 5 heteroatoms. The van der Waals surface area contributed by atoms with Crippen molar-refractivity contribution in [1.29, 1.82) is 0 Å². The van der Waals surface area contributed by atoms with E-state index in [2.05, 4.69) is 15.6 Å². The summed E-state index contributed by atoms with van der Waals surface area (Å²) in [4.78, 5) is 12.7. The van der Waals surface area contributed by atoms with Gasteiger partial charge in [0.15, 0.2) is 0 Å². The predicted molar refractivity (Wildman–Crippen MR) is 84.8 cm³/mol. The number of fused-ring (bicyclic) bond motifs is 2. The van der Waals surface area contributed by atoms with Gasteiger partial charge in [-0.3, -0.25) is 10.2 Å². The van der Waals surface area contributed by atoms with E-state index in [-0.39, 0.29) is 11.6 Å². The van der Waals surface area contributed by atoms with Gasteiger partial charge in [0.1, 0.15) is 0 Å². The Balaban J connectivity index is 2.21. The lowest BCUT2D eigenvalue weighted by atomic mass is 10.1. The standard InChI is InChI=1S/C16H14N4O/c1-9(2)20-16(21)12-4-3-10-7-8-17-18-15(10)11-5-6-13(19-20)14(11)12/h3-9,18H,1-2H3. The number of anilines is 1. The molecule has 4 rings (SSSR count). The normalized spacial score (nSPS) is 13.5. The van der Waals surface area contributed by atoms with Gasteiger partial charge in [0.25, 0.3) is 5.56 Å². The van der Waals surface area contributed by atoms with Crippen LogP contribution >= 0.6 is 0 Å². The second-order valence-corrected chi connectivity index (χ2v) is 5.48. The molecule has 2 aliphatic carbocycles. The second kappa shape index (κ2) is 4.15. The molecule has 104 valence electrons. The minimum atomic E-state index is -0.0537. The fourth-order valence-corrected chi connectivity index (χ4v) is 2.83. The Morgan fingerprint density at radius 3 is 2.86 bits per heavy atom. The molecule has 2 heterocycles. The Bertz CT molecular complexity index is 968. The van der Waals surface area contributed by atoms with E-state index in [0.717, 1.165) is 27.5 Å². The number of hydrogen-bond acceptors (Lipinski definition) is 4. The molecule has 0 atom stereocenters. The van der Waals surface area contributed by atoms with Gasteiger partial charge < -0.3 is 0 Å². The zero-order valence-electron chi connectivity index (χ0n) is 11.8. The molecule has 0 saturated carbocycles. The van der Waals surface area contributed by atoms with Gasteiger partial charge in [0.2, 0.25) is 0 Å². The number of hydrogen-bond donors (Lipinski definition) is 1. The van der Waals surface area contributed by atoms with Crippen molar-refractivity contribution >= 4 is 28.9 Å². The lowest BCUT2D eigenvalue weighted by Crippen LogP contribution is -2.24. The first-order chi connectivity index (χ1) is 10.2. The summed E-state index contributed by atoms with van der Waals surface area (Å²) >= 11 is 0. The fraction of sp³-hybridized carbons (Fsp3) is 0.188. The zero-order valence-corrected chi connectivity index (χ0v) is 11.8. The average molecular weight is 278 g/mol. The van der Waals surface area contributed by atoms with E-state index < -0.39 is 0 Å². The maximum Gasteiger partial charge on any atom is 0.274 e. The molecular weight excluding hydrogens is 264 g/mol. The lowest BCUT2D eigenvalue weighted by molar-refractivity contribution is 0.513. The van der Waals surface area contributed by atoms with Crippen molar-refractivity contribution in [1.82, 2.24) is 9.78 Å². The van der Waals surface area contributed by atoms with Crippen molar-refractivity contribution in [2.75, 3.05) is 5.43 Å². The number of nitrogens with zero attached hydrogens (tertiary/aromatic N) is 3. The van der Waals surface area contributed by atoms with Crippen LogP contribution in [0.25, 0.3) is 28.1 Å². The van der Waals surface area contributed by atoms with Crippen LogP contribution in [0.15, 0.2) is 34.2 Å². The molecule has 0 bridgehead atoms. The first-order valence-electron chi connectivity index (χ1n) is 6.94. The maximum absolute atomic E-state index is 12.7. The molecule has 0 unspecified atom stereocenters. The average Bonchev–Trinajstić information content (AvgIpc) is 2.81. The van der Waals surface area contributed by atoms with Crippen molar-refractivity contribution in [3.05, 3.63) is 39.8 Å². The Morgan fingerprint density at radius 1 is 1.19 bits per heavy atom. The first kappa shape index (κ1) is 12.1. The molecule has 1 N–H and O–H groups in total. The number of hydrazone groups is 1. The van der Waals surface area contributed by atoms with E-state index in [0.29, 0.717) is 5.39 Å². The molecule has 5 nitrogen and oxygen atoms in total.